The first-order valence-electron chi connectivity index (χ1n) is 5.37. The first kappa shape index (κ1) is 11.8. The van der Waals surface area contributed by atoms with Gasteiger partial charge < -0.3 is 4.74 Å². The summed E-state index contributed by atoms with van der Waals surface area (Å²) >= 11 is 0. The molecule has 0 fully saturated rings. The van der Waals surface area contributed by atoms with Gasteiger partial charge in [0.15, 0.2) is 0 Å². The monoisotopic (exact) mass is 210 g/mol. The van der Waals surface area contributed by atoms with Crippen molar-refractivity contribution < 1.29 is 9.53 Å². The Bertz CT molecular complexity index is 320. The van der Waals surface area contributed by atoms with Gasteiger partial charge in [-0.2, -0.15) is 5.10 Å². The van der Waals surface area contributed by atoms with Gasteiger partial charge in [0, 0.05) is 12.2 Å². The fraction of sp³-hybridized carbons (Fsp3) is 0.636. The summed E-state index contributed by atoms with van der Waals surface area (Å²) in [6.07, 6.45) is 3.19. The van der Waals surface area contributed by atoms with Crippen molar-refractivity contribution in [1.82, 2.24) is 9.78 Å². The lowest BCUT2D eigenvalue weighted by Gasteiger charge is -2.07. The molecule has 1 heterocycles. The quantitative estimate of drug-likeness (QED) is 0.698. The Morgan fingerprint density at radius 2 is 2.33 bits per heavy atom. The molecule has 84 valence electrons. The molecule has 0 aromatic carbocycles. The van der Waals surface area contributed by atoms with E-state index in [2.05, 4.69) is 18.9 Å². The van der Waals surface area contributed by atoms with Crippen molar-refractivity contribution in [2.45, 2.75) is 39.7 Å². The van der Waals surface area contributed by atoms with E-state index in [1.807, 2.05) is 16.9 Å². The van der Waals surface area contributed by atoms with E-state index >= 15 is 0 Å². The highest BCUT2D eigenvalue weighted by atomic mass is 16.5. The summed E-state index contributed by atoms with van der Waals surface area (Å²) in [6.45, 7) is 6.43. The highest BCUT2D eigenvalue weighted by molar-refractivity contribution is 5.71. The lowest BCUT2D eigenvalue weighted by atomic mass is 10.3. The molecule has 0 spiro atoms. The van der Waals surface area contributed by atoms with Crippen LogP contribution in [0.5, 0.6) is 0 Å². The van der Waals surface area contributed by atoms with Crippen LogP contribution in [0.1, 0.15) is 38.9 Å². The molecule has 4 nitrogen and oxygen atoms in total. The Morgan fingerprint density at radius 3 is 2.93 bits per heavy atom. The normalized spacial score (nSPS) is 12.5. The molecular formula is C11H18N2O2. The molecule has 0 saturated carbocycles. The van der Waals surface area contributed by atoms with Gasteiger partial charge in [-0.1, -0.05) is 6.92 Å². The molecule has 4 heteroatoms. The van der Waals surface area contributed by atoms with Crippen molar-refractivity contribution >= 4 is 5.97 Å². The lowest BCUT2D eigenvalue weighted by Crippen LogP contribution is -2.09. The average molecular weight is 210 g/mol. The standard InChI is InChI=1S/C11H18N2O2/c1-4-9(3)13-7-6-10(12-13)8-11(14)15-5-2/h6-7,9H,4-5,8H2,1-3H3. The molecule has 0 aliphatic carbocycles. The summed E-state index contributed by atoms with van der Waals surface area (Å²) < 4.78 is 6.74. The zero-order chi connectivity index (χ0) is 11.3. The van der Waals surface area contributed by atoms with Crippen molar-refractivity contribution in [2.24, 2.45) is 0 Å². The van der Waals surface area contributed by atoms with Gasteiger partial charge in [-0.25, -0.2) is 0 Å². The highest BCUT2D eigenvalue weighted by Gasteiger charge is 2.08. The van der Waals surface area contributed by atoms with Crippen LogP contribution in [-0.2, 0) is 16.0 Å². The number of esters is 1. The van der Waals surface area contributed by atoms with E-state index < -0.39 is 0 Å². The molecule has 1 rings (SSSR count). The van der Waals surface area contributed by atoms with Crippen LogP contribution >= 0.6 is 0 Å². The first-order valence-corrected chi connectivity index (χ1v) is 5.37. The van der Waals surface area contributed by atoms with Gasteiger partial charge in [0.2, 0.25) is 0 Å². The van der Waals surface area contributed by atoms with Gasteiger partial charge in [0.25, 0.3) is 0 Å². The van der Waals surface area contributed by atoms with Crippen molar-refractivity contribution in [3.05, 3.63) is 18.0 Å². The Kier molecular flexibility index (Phi) is 4.34. The largest absolute Gasteiger partial charge is 0.466 e. The first-order chi connectivity index (χ1) is 7.17. The molecule has 0 bridgehead atoms. The SMILES string of the molecule is CCOC(=O)Cc1ccn(C(C)CC)n1. The van der Waals surface area contributed by atoms with Crippen molar-refractivity contribution in [3.63, 3.8) is 0 Å². The topological polar surface area (TPSA) is 44.1 Å². The maximum Gasteiger partial charge on any atom is 0.311 e. The molecule has 0 aliphatic heterocycles. The third kappa shape index (κ3) is 3.38. The molecule has 0 amide bonds. The minimum atomic E-state index is -0.216. The fourth-order valence-corrected chi connectivity index (χ4v) is 1.26. The molecule has 1 atom stereocenters. The highest BCUT2D eigenvalue weighted by Crippen LogP contribution is 2.09. The van der Waals surface area contributed by atoms with Gasteiger partial charge in [-0.15, -0.1) is 0 Å². The van der Waals surface area contributed by atoms with Gasteiger partial charge >= 0.3 is 5.97 Å². The molecule has 1 unspecified atom stereocenters. The molecule has 0 N–H and O–H groups in total. The predicted molar refractivity (Wildman–Crippen MR) is 57.6 cm³/mol. The second kappa shape index (κ2) is 5.53. The van der Waals surface area contributed by atoms with Crippen LogP contribution in [0.3, 0.4) is 0 Å². The predicted octanol–water partition coefficient (Wildman–Crippen LogP) is 1.96. The third-order valence-corrected chi connectivity index (χ3v) is 2.34. The van der Waals surface area contributed by atoms with Gasteiger partial charge in [0.05, 0.1) is 18.7 Å². The second-order valence-corrected chi connectivity index (χ2v) is 3.53. The van der Waals surface area contributed by atoms with Crippen molar-refractivity contribution in [2.75, 3.05) is 6.61 Å². The minimum absolute atomic E-state index is 0.216. The van der Waals surface area contributed by atoms with Crippen LogP contribution in [0.4, 0.5) is 0 Å². The fourth-order valence-electron chi connectivity index (χ4n) is 1.26. The average Bonchev–Trinajstić information content (AvgIpc) is 2.65. The number of hydrogen-bond donors (Lipinski definition) is 0. The summed E-state index contributed by atoms with van der Waals surface area (Å²) in [5.41, 5.74) is 0.772. The number of ether oxygens (including phenoxy) is 1. The van der Waals surface area contributed by atoms with Gasteiger partial charge in [-0.05, 0) is 26.3 Å². The Morgan fingerprint density at radius 1 is 1.60 bits per heavy atom. The molecule has 0 radical (unpaired) electrons. The number of hydrogen-bond acceptors (Lipinski definition) is 3. The number of rotatable bonds is 5. The van der Waals surface area contributed by atoms with E-state index in [1.54, 1.807) is 6.92 Å². The van der Waals surface area contributed by atoms with Crippen LogP contribution in [-0.4, -0.2) is 22.4 Å². The molecule has 0 aliphatic rings. The summed E-state index contributed by atoms with van der Waals surface area (Å²) in [7, 11) is 0. The third-order valence-electron chi connectivity index (χ3n) is 2.34. The molecule has 15 heavy (non-hydrogen) atoms. The van der Waals surface area contributed by atoms with Gasteiger partial charge in [-0.3, -0.25) is 9.48 Å². The van der Waals surface area contributed by atoms with Crippen LogP contribution in [0.15, 0.2) is 12.3 Å². The minimum Gasteiger partial charge on any atom is -0.466 e. The second-order valence-electron chi connectivity index (χ2n) is 3.53. The molecular weight excluding hydrogens is 192 g/mol. The van der Waals surface area contributed by atoms with E-state index in [9.17, 15) is 4.79 Å². The van der Waals surface area contributed by atoms with E-state index in [0.717, 1.165) is 12.1 Å². The van der Waals surface area contributed by atoms with E-state index in [0.29, 0.717) is 12.6 Å². The Labute approximate surface area is 90.2 Å². The van der Waals surface area contributed by atoms with Crippen molar-refractivity contribution in [1.29, 1.82) is 0 Å². The maximum absolute atomic E-state index is 11.2. The summed E-state index contributed by atoms with van der Waals surface area (Å²) in [5.74, 6) is -0.216. The maximum atomic E-state index is 11.2. The number of carbonyl (C=O) groups excluding carboxylic acids is 1. The van der Waals surface area contributed by atoms with Crippen LogP contribution in [0, 0.1) is 0 Å². The molecule has 1 aromatic rings. The molecule has 1 aromatic heterocycles. The number of nitrogens with zero attached hydrogens (tertiary/aromatic N) is 2. The smallest absolute Gasteiger partial charge is 0.311 e. The zero-order valence-corrected chi connectivity index (χ0v) is 9.56. The van der Waals surface area contributed by atoms with E-state index in [1.165, 1.54) is 0 Å². The van der Waals surface area contributed by atoms with Gasteiger partial charge in [0.1, 0.15) is 0 Å². The number of aromatic nitrogens is 2. The van der Waals surface area contributed by atoms with E-state index in [4.69, 9.17) is 4.74 Å². The summed E-state index contributed by atoms with van der Waals surface area (Å²) in [4.78, 5) is 11.2. The van der Waals surface area contributed by atoms with Crippen LogP contribution in [0.25, 0.3) is 0 Å². The summed E-state index contributed by atoms with van der Waals surface area (Å²) in [6, 6.07) is 2.24. The van der Waals surface area contributed by atoms with E-state index in [-0.39, 0.29) is 12.4 Å². The summed E-state index contributed by atoms with van der Waals surface area (Å²) in [5, 5.41) is 4.32. The van der Waals surface area contributed by atoms with Crippen molar-refractivity contribution in [3.8, 4) is 0 Å². The number of carbonyl (C=O) groups is 1. The molecule has 0 saturated heterocycles. The Balaban J connectivity index is 2.56. The van der Waals surface area contributed by atoms with Crippen LogP contribution in [0.2, 0.25) is 0 Å². The Hall–Kier alpha value is -1.32. The zero-order valence-electron chi connectivity index (χ0n) is 9.56. The lowest BCUT2D eigenvalue weighted by molar-refractivity contribution is -0.142. The van der Waals surface area contributed by atoms with Crippen LogP contribution < -0.4 is 0 Å².